The van der Waals surface area contributed by atoms with E-state index >= 15 is 0 Å². The minimum absolute atomic E-state index is 0.246. The molecule has 2 aromatic heterocycles. The third-order valence-corrected chi connectivity index (χ3v) is 8.67. The van der Waals surface area contributed by atoms with Crippen LogP contribution in [0.4, 0.5) is 17.2 Å². The number of allylic oxidation sites excluding steroid dienone is 2. The third kappa shape index (κ3) is 4.02. The van der Waals surface area contributed by atoms with Gasteiger partial charge in [0.25, 0.3) is 5.56 Å². The molecule has 0 radical (unpaired) electrons. The molecule has 7 nitrogen and oxygen atoms in total. The molecule has 0 fully saturated rings. The average molecular weight is 549 g/mol. The van der Waals surface area contributed by atoms with E-state index in [0.717, 1.165) is 49.8 Å². The average Bonchev–Trinajstić information content (AvgIpc) is 3.47. The summed E-state index contributed by atoms with van der Waals surface area (Å²) in [6, 6.07) is 28.0. The van der Waals surface area contributed by atoms with E-state index in [1.54, 1.807) is 11.3 Å². The first kappa shape index (κ1) is 23.8. The van der Waals surface area contributed by atoms with E-state index in [2.05, 4.69) is 49.5 Å². The molecule has 1 atom stereocenters. The number of aromatic amines is 1. The maximum atomic E-state index is 13.2. The SMILES string of the molecule is Cc1ccc(N=Nc2c3n([nH]c2=O)C(c2ccccc2)C2=C(CCc4c2sc(=S)n4-c2ccccc2)N3)cc1. The largest absolute Gasteiger partial charge is 0.342 e. The number of nitrogens with zero attached hydrogens (tertiary/aromatic N) is 4. The van der Waals surface area contributed by atoms with Crippen LogP contribution >= 0.6 is 23.6 Å². The van der Waals surface area contributed by atoms with Gasteiger partial charge in [-0.25, -0.2) is 0 Å². The van der Waals surface area contributed by atoms with Crippen LogP contribution in [0.1, 0.15) is 34.2 Å². The van der Waals surface area contributed by atoms with Crippen molar-refractivity contribution in [1.82, 2.24) is 14.3 Å². The molecule has 0 saturated carbocycles. The second-order valence-corrected chi connectivity index (χ2v) is 11.3. The van der Waals surface area contributed by atoms with Gasteiger partial charge in [-0.1, -0.05) is 66.2 Å². The lowest BCUT2D eigenvalue weighted by molar-refractivity contribution is 0.605. The van der Waals surface area contributed by atoms with Crippen LogP contribution in [0.3, 0.4) is 0 Å². The van der Waals surface area contributed by atoms with Gasteiger partial charge in [0, 0.05) is 22.7 Å². The molecule has 7 rings (SSSR count). The summed E-state index contributed by atoms with van der Waals surface area (Å²) in [7, 11) is 0. The van der Waals surface area contributed by atoms with Crippen molar-refractivity contribution in [3.05, 3.63) is 127 Å². The Labute approximate surface area is 233 Å². The zero-order valence-electron chi connectivity index (χ0n) is 21.1. The standard InChI is InChI=1S/C30H24N6OS2/c1-18-12-14-20(15-13-18)32-33-25-28-31-22-16-17-23-27(39-30(38)35(23)21-10-6-3-7-11-21)24(22)26(36(28)34-29(25)37)19-8-4-2-5-9-19/h2-15,26,31H,16-17H2,1H3,(H,34,37). The van der Waals surface area contributed by atoms with Crippen LogP contribution in [0, 0.1) is 10.9 Å². The van der Waals surface area contributed by atoms with E-state index in [9.17, 15) is 4.79 Å². The number of nitrogens with one attached hydrogen (secondary N) is 2. The van der Waals surface area contributed by atoms with E-state index in [0.29, 0.717) is 11.5 Å². The second kappa shape index (κ2) is 9.44. The first-order chi connectivity index (χ1) is 19.1. The van der Waals surface area contributed by atoms with Gasteiger partial charge in [0.15, 0.2) is 15.5 Å². The van der Waals surface area contributed by atoms with E-state index < -0.39 is 0 Å². The number of azo groups is 1. The lowest BCUT2D eigenvalue weighted by Crippen LogP contribution is -2.27. The number of aromatic nitrogens is 3. The van der Waals surface area contributed by atoms with Crippen molar-refractivity contribution in [2.24, 2.45) is 10.2 Å². The molecule has 5 aromatic rings. The highest BCUT2D eigenvalue weighted by Crippen LogP contribution is 2.49. The number of thiazole rings is 1. The highest BCUT2D eigenvalue weighted by molar-refractivity contribution is 7.73. The Kier molecular flexibility index (Phi) is 5.75. The van der Waals surface area contributed by atoms with Gasteiger partial charge < -0.3 is 5.32 Å². The van der Waals surface area contributed by atoms with Crippen molar-refractivity contribution in [1.29, 1.82) is 0 Å². The molecule has 9 heteroatoms. The highest BCUT2D eigenvalue weighted by Gasteiger charge is 2.38. The number of anilines is 1. The van der Waals surface area contributed by atoms with Gasteiger partial charge in [0.2, 0.25) is 0 Å². The smallest absolute Gasteiger partial charge is 0.294 e. The number of aryl methyl sites for hydroxylation is 1. The number of benzene rings is 3. The van der Waals surface area contributed by atoms with E-state index in [1.165, 1.54) is 5.69 Å². The molecule has 2 aliphatic rings. The van der Waals surface area contributed by atoms with Gasteiger partial charge in [0.05, 0.1) is 10.6 Å². The molecule has 2 N–H and O–H groups in total. The van der Waals surface area contributed by atoms with Crippen molar-refractivity contribution in [3.63, 3.8) is 0 Å². The number of hydrogen-bond acceptors (Lipinski definition) is 6. The lowest BCUT2D eigenvalue weighted by Gasteiger charge is -2.34. The number of rotatable bonds is 4. The van der Waals surface area contributed by atoms with Crippen LogP contribution in [0.5, 0.6) is 0 Å². The summed E-state index contributed by atoms with van der Waals surface area (Å²) in [4.78, 5) is 14.4. The van der Waals surface area contributed by atoms with Gasteiger partial charge in [-0.05, 0) is 61.8 Å². The van der Waals surface area contributed by atoms with Crippen molar-refractivity contribution in [3.8, 4) is 5.69 Å². The zero-order valence-corrected chi connectivity index (χ0v) is 22.7. The summed E-state index contributed by atoms with van der Waals surface area (Å²) >= 11 is 7.51. The molecule has 3 heterocycles. The van der Waals surface area contributed by atoms with Gasteiger partial charge in [-0.2, -0.15) is 5.11 Å². The molecule has 192 valence electrons. The summed E-state index contributed by atoms with van der Waals surface area (Å²) in [5.74, 6) is 0.623. The van der Waals surface area contributed by atoms with Crippen LogP contribution < -0.4 is 10.9 Å². The van der Waals surface area contributed by atoms with Crippen molar-refractivity contribution in [2.45, 2.75) is 25.8 Å². The summed E-state index contributed by atoms with van der Waals surface area (Å²) in [5.41, 5.74) is 7.37. The van der Waals surface area contributed by atoms with Crippen molar-refractivity contribution >= 4 is 46.3 Å². The van der Waals surface area contributed by atoms with E-state index in [4.69, 9.17) is 12.2 Å². The first-order valence-electron chi connectivity index (χ1n) is 12.8. The Bertz CT molecular complexity index is 1880. The molecule has 0 spiro atoms. The summed E-state index contributed by atoms with van der Waals surface area (Å²) in [5, 5.41) is 15.4. The topological polar surface area (TPSA) is 79.5 Å². The second-order valence-electron chi connectivity index (χ2n) is 9.69. The minimum Gasteiger partial charge on any atom is -0.342 e. The Balaban J connectivity index is 1.40. The van der Waals surface area contributed by atoms with Crippen LogP contribution in [0.25, 0.3) is 11.3 Å². The van der Waals surface area contributed by atoms with E-state index in [1.807, 2.05) is 72.3 Å². The van der Waals surface area contributed by atoms with Crippen LogP contribution in [-0.2, 0) is 6.42 Å². The maximum Gasteiger partial charge on any atom is 0.294 e. The first-order valence-corrected chi connectivity index (χ1v) is 14.0. The molecule has 1 unspecified atom stereocenters. The van der Waals surface area contributed by atoms with Crippen molar-refractivity contribution < 1.29 is 0 Å². The Morgan fingerprint density at radius 3 is 2.38 bits per heavy atom. The summed E-state index contributed by atoms with van der Waals surface area (Å²) in [6.07, 6.45) is 1.62. The quantitative estimate of drug-likeness (QED) is 0.177. The highest BCUT2D eigenvalue weighted by atomic mass is 32.1. The van der Waals surface area contributed by atoms with Crippen LogP contribution in [-0.4, -0.2) is 14.3 Å². The molecule has 0 saturated heterocycles. The van der Waals surface area contributed by atoms with Gasteiger partial charge in [-0.3, -0.25) is 19.1 Å². The predicted molar refractivity (Wildman–Crippen MR) is 158 cm³/mol. The minimum atomic E-state index is -0.288. The number of para-hydroxylation sites is 1. The summed E-state index contributed by atoms with van der Waals surface area (Å²) < 4.78 is 4.90. The van der Waals surface area contributed by atoms with Gasteiger partial charge in [-0.15, -0.1) is 16.5 Å². The fourth-order valence-electron chi connectivity index (χ4n) is 5.40. The van der Waals surface area contributed by atoms with Gasteiger partial charge >= 0.3 is 0 Å². The monoisotopic (exact) mass is 548 g/mol. The maximum absolute atomic E-state index is 13.2. The third-order valence-electron chi connectivity index (χ3n) is 7.22. The molecule has 0 bridgehead atoms. The number of H-pyrrole nitrogens is 1. The fraction of sp³-hybridized carbons (Fsp3) is 0.133. The number of fused-ring (bicyclic) bond motifs is 3. The fourth-order valence-corrected chi connectivity index (χ4v) is 7.00. The molecule has 39 heavy (non-hydrogen) atoms. The number of hydrogen-bond donors (Lipinski definition) is 2. The zero-order chi connectivity index (χ0) is 26.5. The molecular formula is C30H24N6OS2. The normalized spacial score (nSPS) is 16.1. The lowest BCUT2D eigenvalue weighted by atomic mass is 9.88. The van der Waals surface area contributed by atoms with Gasteiger partial charge in [0.1, 0.15) is 6.04 Å². The molecule has 3 aromatic carbocycles. The Morgan fingerprint density at radius 1 is 0.923 bits per heavy atom. The van der Waals surface area contributed by atoms with Crippen LogP contribution in [0.15, 0.2) is 106 Å². The molecule has 1 aliphatic carbocycles. The van der Waals surface area contributed by atoms with E-state index in [-0.39, 0.29) is 17.3 Å². The van der Waals surface area contributed by atoms with Crippen LogP contribution in [0.2, 0.25) is 0 Å². The molecular weight excluding hydrogens is 525 g/mol. The Morgan fingerprint density at radius 2 is 1.64 bits per heavy atom. The molecule has 0 amide bonds. The molecule has 1 aliphatic heterocycles. The summed E-state index contributed by atoms with van der Waals surface area (Å²) in [6.45, 7) is 2.02. The van der Waals surface area contributed by atoms with Crippen molar-refractivity contribution in [2.75, 3.05) is 5.32 Å². The Hall–Kier alpha value is -4.34. The predicted octanol–water partition coefficient (Wildman–Crippen LogP) is 7.85.